The Labute approximate surface area is 231 Å². The third-order valence-electron chi connectivity index (χ3n) is 6.95. The zero-order chi connectivity index (χ0) is 28.0. The first kappa shape index (κ1) is 28.8. The highest BCUT2D eigenvalue weighted by Gasteiger charge is 2.33. The lowest BCUT2D eigenvalue weighted by Crippen LogP contribution is -2.35. The molecule has 1 aliphatic rings. The van der Waals surface area contributed by atoms with Crippen LogP contribution in [0.25, 0.3) is 0 Å². The molecular formula is C29H38N4O5S. The average molecular weight is 555 g/mol. The highest BCUT2D eigenvalue weighted by atomic mass is 32.2. The molecule has 0 fully saturated rings. The first-order valence-electron chi connectivity index (χ1n) is 13.6. The van der Waals surface area contributed by atoms with Gasteiger partial charge in [0.25, 0.3) is 0 Å². The molecule has 9 nitrogen and oxygen atoms in total. The lowest BCUT2D eigenvalue weighted by Gasteiger charge is -2.24. The van der Waals surface area contributed by atoms with Crippen LogP contribution < -0.4 is 4.74 Å². The number of sulfonamides is 1. The van der Waals surface area contributed by atoms with Gasteiger partial charge in [0.1, 0.15) is 16.7 Å². The van der Waals surface area contributed by atoms with E-state index in [1.165, 1.54) is 4.31 Å². The third kappa shape index (κ3) is 7.05. The van der Waals surface area contributed by atoms with Gasteiger partial charge in [-0.3, -0.25) is 9.48 Å². The van der Waals surface area contributed by atoms with Gasteiger partial charge in [0, 0.05) is 19.3 Å². The Bertz CT molecular complexity index is 1390. The summed E-state index contributed by atoms with van der Waals surface area (Å²) in [6, 6.07) is 12.8. The minimum atomic E-state index is -3.76. The van der Waals surface area contributed by atoms with Crippen molar-refractivity contribution in [2.75, 3.05) is 13.2 Å². The zero-order valence-corrected chi connectivity index (χ0v) is 24.0. The molecule has 2 atom stereocenters. The molecule has 1 unspecified atom stereocenters. The fraction of sp³-hybridized carbons (Fsp3) is 0.483. The lowest BCUT2D eigenvalue weighted by atomic mass is 9.88. The summed E-state index contributed by atoms with van der Waals surface area (Å²) < 4.78 is 41.7. The normalized spacial score (nSPS) is 17.6. The van der Waals surface area contributed by atoms with E-state index in [1.807, 2.05) is 42.9 Å². The van der Waals surface area contributed by atoms with Crippen LogP contribution in [0.2, 0.25) is 0 Å². The van der Waals surface area contributed by atoms with E-state index >= 15 is 0 Å². The number of benzene rings is 2. The summed E-state index contributed by atoms with van der Waals surface area (Å²) in [5.74, 6) is 0.0173. The number of hydrogen-bond acceptors (Lipinski definition) is 7. The van der Waals surface area contributed by atoms with E-state index < -0.39 is 10.0 Å². The van der Waals surface area contributed by atoms with Crippen molar-refractivity contribution in [3.05, 3.63) is 71.0 Å². The number of nitrogens with zero attached hydrogens (tertiary/aromatic N) is 4. The van der Waals surface area contributed by atoms with Crippen molar-refractivity contribution in [2.24, 2.45) is 0 Å². The third-order valence-corrected chi connectivity index (χ3v) is 8.80. The second-order valence-electron chi connectivity index (χ2n) is 10.1. The summed E-state index contributed by atoms with van der Waals surface area (Å²) in [5, 5.41) is 8.47. The van der Waals surface area contributed by atoms with E-state index in [9.17, 15) is 13.2 Å². The van der Waals surface area contributed by atoms with Gasteiger partial charge in [0.2, 0.25) is 10.0 Å². The van der Waals surface area contributed by atoms with Gasteiger partial charge in [-0.15, -0.1) is 5.10 Å². The van der Waals surface area contributed by atoms with Crippen LogP contribution in [0.4, 0.5) is 0 Å². The Hall–Kier alpha value is -3.24. The van der Waals surface area contributed by atoms with Gasteiger partial charge in [0.15, 0.2) is 0 Å². The van der Waals surface area contributed by atoms with Crippen molar-refractivity contribution in [3.8, 4) is 5.75 Å². The first-order chi connectivity index (χ1) is 18.7. The molecule has 39 heavy (non-hydrogen) atoms. The highest BCUT2D eigenvalue weighted by Crippen LogP contribution is 2.33. The minimum absolute atomic E-state index is 0.108. The van der Waals surface area contributed by atoms with Gasteiger partial charge in [-0.2, -0.15) is 4.31 Å². The predicted octanol–water partition coefficient (Wildman–Crippen LogP) is 4.64. The SMILES string of the molecule is CCCn1cc(CCC(CC(=O)OCC)c2ccc(C)c(CN3C[C@@H](C)Oc4ccccc4S3(=O)=O)c2)nn1. The Morgan fingerprint density at radius 1 is 1.21 bits per heavy atom. The molecule has 1 aliphatic heterocycles. The zero-order valence-electron chi connectivity index (χ0n) is 23.2. The van der Waals surface area contributed by atoms with Crippen molar-refractivity contribution >= 4 is 16.0 Å². The van der Waals surface area contributed by atoms with Crippen LogP contribution in [0.3, 0.4) is 0 Å². The van der Waals surface area contributed by atoms with E-state index in [0.29, 0.717) is 25.2 Å². The fourth-order valence-corrected chi connectivity index (χ4v) is 6.53. The first-order valence-corrected chi connectivity index (χ1v) is 15.0. The maximum Gasteiger partial charge on any atom is 0.306 e. The molecule has 0 radical (unpaired) electrons. The topological polar surface area (TPSA) is 104 Å². The highest BCUT2D eigenvalue weighted by molar-refractivity contribution is 7.89. The molecule has 2 heterocycles. The van der Waals surface area contributed by atoms with Crippen LogP contribution in [-0.4, -0.2) is 52.9 Å². The van der Waals surface area contributed by atoms with Gasteiger partial charge in [-0.05, 0) is 74.8 Å². The van der Waals surface area contributed by atoms with Crippen molar-refractivity contribution < 1.29 is 22.7 Å². The standard InChI is InChI=1S/C29H38N4O5S/c1-5-15-32-20-26(30-31-32)14-13-24(17-29(34)37-6-2)23-12-11-21(3)25(16-23)19-33-18-22(4)38-27-9-7-8-10-28(27)39(33,35)36/h7-12,16,20,22,24H,5-6,13-15,17-19H2,1-4H3/t22-,24?/m1/s1. The lowest BCUT2D eigenvalue weighted by molar-refractivity contribution is -0.143. The number of para-hydroxylation sites is 1. The van der Waals surface area contributed by atoms with Crippen LogP contribution in [0.5, 0.6) is 5.75 Å². The number of hydrogen-bond donors (Lipinski definition) is 0. The number of fused-ring (bicyclic) bond motifs is 1. The molecule has 210 valence electrons. The van der Waals surface area contributed by atoms with E-state index in [4.69, 9.17) is 9.47 Å². The number of ether oxygens (including phenoxy) is 2. The predicted molar refractivity (Wildman–Crippen MR) is 148 cm³/mol. The Balaban J connectivity index is 1.60. The van der Waals surface area contributed by atoms with Crippen molar-refractivity contribution in [3.63, 3.8) is 0 Å². The Kier molecular flexibility index (Phi) is 9.40. The van der Waals surface area contributed by atoms with Crippen molar-refractivity contribution in [2.45, 2.75) is 83.4 Å². The molecule has 2 aromatic carbocycles. The van der Waals surface area contributed by atoms with E-state index in [1.54, 1.807) is 31.2 Å². The van der Waals surface area contributed by atoms with E-state index in [2.05, 4.69) is 17.2 Å². The summed E-state index contributed by atoms with van der Waals surface area (Å²) in [7, 11) is -3.76. The number of aromatic nitrogens is 3. The van der Waals surface area contributed by atoms with E-state index in [-0.39, 0.29) is 42.4 Å². The van der Waals surface area contributed by atoms with Gasteiger partial charge in [-0.1, -0.05) is 42.5 Å². The number of aryl methyl sites for hydroxylation is 3. The summed E-state index contributed by atoms with van der Waals surface area (Å²) in [5.41, 5.74) is 3.73. The van der Waals surface area contributed by atoms with Gasteiger partial charge in [0.05, 0.1) is 25.3 Å². The molecule has 0 N–H and O–H groups in total. The maximum absolute atomic E-state index is 13.6. The van der Waals surface area contributed by atoms with E-state index in [0.717, 1.165) is 35.3 Å². The fourth-order valence-electron chi connectivity index (χ4n) is 4.92. The molecule has 0 aliphatic carbocycles. The minimum Gasteiger partial charge on any atom is -0.488 e. The maximum atomic E-state index is 13.6. The number of carbonyl (C=O) groups is 1. The molecule has 0 amide bonds. The molecule has 0 spiro atoms. The molecule has 1 aromatic heterocycles. The quantitative estimate of drug-likeness (QED) is 0.318. The van der Waals surface area contributed by atoms with Gasteiger partial charge >= 0.3 is 5.97 Å². The van der Waals surface area contributed by atoms with Crippen LogP contribution in [0, 0.1) is 6.92 Å². The van der Waals surface area contributed by atoms with Crippen LogP contribution in [-0.2, 0) is 39.1 Å². The average Bonchev–Trinajstić information content (AvgIpc) is 3.31. The summed E-state index contributed by atoms with van der Waals surface area (Å²) >= 11 is 0. The second kappa shape index (κ2) is 12.7. The summed E-state index contributed by atoms with van der Waals surface area (Å²) in [6.07, 6.45) is 4.22. The molecule has 10 heteroatoms. The largest absolute Gasteiger partial charge is 0.488 e. The summed E-state index contributed by atoms with van der Waals surface area (Å²) in [4.78, 5) is 12.7. The van der Waals surface area contributed by atoms with Gasteiger partial charge in [-0.25, -0.2) is 8.42 Å². The van der Waals surface area contributed by atoms with Crippen LogP contribution in [0.15, 0.2) is 53.6 Å². The number of rotatable bonds is 11. The van der Waals surface area contributed by atoms with Crippen molar-refractivity contribution in [1.29, 1.82) is 0 Å². The monoisotopic (exact) mass is 554 g/mol. The smallest absolute Gasteiger partial charge is 0.306 e. The second-order valence-corrected chi connectivity index (χ2v) is 12.0. The molecule has 3 aromatic rings. The van der Waals surface area contributed by atoms with Crippen LogP contribution in [0.1, 0.15) is 68.3 Å². The number of esters is 1. The summed E-state index contributed by atoms with van der Waals surface area (Å²) in [6.45, 7) is 9.33. The molecule has 0 saturated heterocycles. The molecule has 0 bridgehead atoms. The van der Waals surface area contributed by atoms with Gasteiger partial charge < -0.3 is 9.47 Å². The number of carbonyl (C=O) groups excluding carboxylic acids is 1. The molecule has 0 saturated carbocycles. The molecule has 4 rings (SSSR count). The Morgan fingerprint density at radius 2 is 2.00 bits per heavy atom. The van der Waals surface area contributed by atoms with Crippen LogP contribution >= 0.6 is 0 Å². The molecular weight excluding hydrogens is 516 g/mol. The Morgan fingerprint density at radius 3 is 2.77 bits per heavy atom. The van der Waals surface area contributed by atoms with Crippen molar-refractivity contribution in [1.82, 2.24) is 19.3 Å².